The molecule has 14 heteroatoms. The largest absolute Gasteiger partial charge is 0.497 e. The molecule has 4 aromatic rings. The number of allylic oxidation sites excluding steroid dienone is 2. The number of halogens is 3. The molecule has 2 unspecified atom stereocenters. The van der Waals surface area contributed by atoms with Crippen LogP contribution < -0.4 is 19.5 Å². The average molecular weight is 764 g/mol. The summed E-state index contributed by atoms with van der Waals surface area (Å²) in [5.41, 5.74) is 7.18. The third-order valence-electron chi connectivity index (χ3n) is 7.40. The Morgan fingerprint density at radius 1 is 1.12 bits per heavy atom. The normalized spacial score (nSPS) is 14.9. The summed E-state index contributed by atoms with van der Waals surface area (Å²) < 4.78 is 59.9. The Kier molecular flexibility index (Phi) is 14.1. The first-order valence-corrected chi connectivity index (χ1v) is 19.0. The molecule has 1 heterocycles. The molecule has 2 atom stereocenters. The fraction of sp³-hybridized carbons (Fsp3) is 0.333. The molecule has 0 spiro atoms. The van der Waals surface area contributed by atoms with E-state index in [-0.39, 0.29) is 23.2 Å². The Labute approximate surface area is 307 Å². The van der Waals surface area contributed by atoms with Crippen molar-refractivity contribution < 1.29 is 32.0 Å². The Balaban J connectivity index is 0.000000627. The molecule has 5 rings (SSSR count). The van der Waals surface area contributed by atoms with E-state index < -0.39 is 28.5 Å². The first kappa shape index (κ1) is 39.1. The number of amides is 1. The molecule has 268 valence electrons. The van der Waals surface area contributed by atoms with Crippen LogP contribution in [0.3, 0.4) is 0 Å². The van der Waals surface area contributed by atoms with E-state index >= 15 is 4.39 Å². The van der Waals surface area contributed by atoms with Crippen molar-refractivity contribution in [3.8, 4) is 11.5 Å². The standard InChI is InChI=1S/C31H29ClF2N2O3S3.C5H11NO2/c1-38-24-12-9-21(28(15-24)39-2)18-36(31-35-13-14-40-31)42(37)30-16-26(32)29(17-27(30)34)41-19-22-5-3-4-6-25(22)20-7-10-23(33)11-8-20;1-5(2,3)8-4(6)7/h6-17,22H,3-5,18-19H2,1-2H3;1-3H3,(H2,6,7). The quantitative estimate of drug-likeness (QED) is 0.152. The Morgan fingerprint density at radius 3 is 2.46 bits per heavy atom. The van der Waals surface area contributed by atoms with E-state index in [4.69, 9.17) is 26.8 Å². The molecule has 1 aromatic heterocycles. The minimum absolute atomic E-state index is 0.0309. The van der Waals surface area contributed by atoms with Crippen LogP contribution in [0.1, 0.15) is 51.2 Å². The lowest BCUT2D eigenvalue weighted by Gasteiger charge is -2.25. The van der Waals surface area contributed by atoms with Crippen LogP contribution in [0.15, 0.2) is 82.0 Å². The number of ether oxygens (including phenoxy) is 3. The van der Waals surface area contributed by atoms with Crippen molar-refractivity contribution in [2.24, 2.45) is 11.7 Å². The number of thiazole rings is 1. The van der Waals surface area contributed by atoms with E-state index in [1.54, 1.807) is 70.8 Å². The number of nitrogens with two attached hydrogens (primary N) is 1. The summed E-state index contributed by atoms with van der Waals surface area (Å²) in [6.45, 7) is 5.44. The Morgan fingerprint density at radius 2 is 1.86 bits per heavy atom. The van der Waals surface area contributed by atoms with Gasteiger partial charge in [-0.05, 0) is 93.5 Å². The number of hydrogen-bond donors (Lipinski definition) is 1. The van der Waals surface area contributed by atoms with Gasteiger partial charge < -0.3 is 19.9 Å². The van der Waals surface area contributed by atoms with Gasteiger partial charge in [0.25, 0.3) is 0 Å². The molecule has 50 heavy (non-hydrogen) atoms. The van der Waals surface area contributed by atoms with Gasteiger partial charge in [0.05, 0.1) is 30.7 Å². The summed E-state index contributed by atoms with van der Waals surface area (Å²) in [6, 6.07) is 14.7. The predicted molar refractivity (Wildman–Crippen MR) is 199 cm³/mol. The molecule has 0 radical (unpaired) electrons. The monoisotopic (exact) mass is 763 g/mol. The molecule has 0 aliphatic heterocycles. The molecule has 1 aliphatic rings. The number of hydrogen-bond acceptors (Lipinski definition) is 8. The molecular weight excluding hydrogens is 724 g/mol. The maximum absolute atomic E-state index is 15.6. The molecule has 0 bridgehead atoms. The van der Waals surface area contributed by atoms with Gasteiger partial charge in [0.1, 0.15) is 28.7 Å². The number of methoxy groups -OCH3 is 2. The highest BCUT2D eigenvalue weighted by atomic mass is 35.5. The van der Waals surface area contributed by atoms with Crippen molar-refractivity contribution in [1.82, 2.24) is 4.98 Å². The molecular formula is C36H40ClF2N3O5S3. The van der Waals surface area contributed by atoms with Crippen molar-refractivity contribution in [2.45, 2.75) is 62.0 Å². The second-order valence-corrected chi connectivity index (χ2v) is 15.9. The van der Waals surface area contributed by atoms with Crippen molar-refractivity contribution in [2.75, 3.05) is 24.3 Å². The van der Waals surface area contributed by atoms with E-state index in [2.05, 4.69) is 15.8 Å². The number of rotatable bonds is 11. The van der Waals surface area contributed by atoms with Gasteiger partial charge >= 0.3 is 6.09 Å². The average Bonchev–Trinajstić information content (AvgIpc) is 3.62. The lowest BCUT2D eigenvalue weighted by molar-refractivity contribution is 0.0600. The SMILES string of the molecule is CC(C)(C)OC(N)=O.COc1ccc(CN(c2nccs2)S(=O)c2cc(Cl)c(SCC3CCCC=C3c3ccc(F)cc3)cc2F)c(OC)c1. The summed E-state index contributed by atoms with van der Waals surface area (Å²) in [4.78, 5) is 14.9. The molecule has 1 aliphatic carbocycles. The topological polar surface area (TPSA) is 104 Å². The molecule has 1 amide bonds. The van der Waals surface area contributed by atoms with Crippen LogP contribution in [-0.2, 0) is 22.3 Å². The highest BCUT2D eigenvalue weighted by Gasteiger charge is 2.26. The van der Waals surface area contributed by atoms with E-state index in [1.165, 1.54) is 57.2 Å². The second kappa shape index (κ2) is 18.0. The van der Waals surface area contributed by atoms with Crippen molar-refractivity contribution in [3.63, 3.8) is 0 Å². The number of aromatic nitrogens is 1. The fourth-order valence-corrected chi connectivity index (χ4v) is 8.66. The van der Waals surface area contributed by atoms with E-state index in [0.29, 0.717) is 32.3 Å². The van der Waals surface area contributed by atoms with Crippen LogP contribution in [0.5, 0.6) is 11.5 Å². The van der Waals surface area contributed by atoms with Gasteiger partial charge in [-0.25, -0.2) is 22.8 Å². The summed E-state index contributed by atoms with van der Waals surface area (Å²) >= 11 is 9.43. The van der Waals surface area contributed by atoms with Gasteiger partial charge in [-0.3, -0.25) is 4.31 Å². The molecule has 0 fully saturated rings. The third-order valence-corrected chi connectivity index (χ3v) is 11.3. The van der Waals surface area contributed by atoms with Gasteiger partial charge in [0.15, 0.2) is 16.1 Å². The van der Waals surface area contributed by atoms with Crippen molar-refractivity contribution >= 4 is 62.5 Å². The molecule has 0 saturated heterocycles. The number of anilines is 1. The number of carbonyl (C=O) groups is 1. The van der Waals surface area contributed by atoms with Crippen LogP contribution in [0.4, 0.5) is 18.7 Å². The van der Waals surface area contributed by atoms with Crippen LogP contribution in [-0.4, -0.2) is 40.9 Å². The maximum atomic E-state index is 15.6. The van der Waals surface area contributed by atoms with E-state index in [1.807, 2.05) is 6.07 Å². The van der Waals surface area contributed by atoms with Crippen LogP contribution >= 0.6 is 34.7 Å². The van der Waals surface area contributed by atoms with Crippen molar-refractivity contribution in [3.05, 3.63) is 100 Å². The predicted octanol–water partition coefficient (Wildman–Crippen LogP) is 9.68. The molecule has 8 nitrogen and oxygen atoms in total. The first-order valence-electron chi connectivity index (χ1n) is 15.7. The fourth-order valence-electron chi connectivity index (χ4n) is 5.15. The van der Waals surface area contributed by atoms with E-state index in [0.717, 1.165) is 30.4 Å². The number of primary amides is 1. The molecule has 0 saturated carbocycles. The third kappa shape index (κ3) is 10.9. The molecule has 2 N–H and O–H groups in total. The van der Waals surface area contributed by atoms with Crippen molar-refractivity contribution in [1.29, 1.82) is 0 Å². The zero-order valence-corrected chi connectivity index (χ0v) is 31.6. The summed E-state index contributed by atoms with van der Waals surface area (Å²) in [5, 5.41) is 2.57. The van der Waals surface area contributed by atoms with Crippen LogP contribution in [0.2, 0.25) is 5.02 Å². The minimum Gasteiger partial charge on any atom is -0.497 e. The highest BCUT2D eigenvalue weighted by molar-refractivity contribution is 7.99. The highest BCUT2D eigenvalue weighted by Crippen LogP contribution is 2.40. The minimum atomic E-state index is -1.95. The lowest BCUT2D eigenvalue weighted by Crippen LogP contribution is -2.27. The van der Waals surface area contributed by atoms with E-state index in [9.17, 15) is 13.4 Å². The number of carbonyl (C=O) groups excluding carboxylic acids is 1. The second-order valence-electron chi connectivity index (χ2n) is 12.1. The Hall–Kier alpha value is -3.65. The molecule has 3 aromatic carbocycles. The zero-order chi connectivity index (χ0) is 36.4. The van der Waals surface area contributed by atoms with Gasteiger partial charge in [-0.1, -0.05) is 29.8 Å². The summed E-state index contributed by atoms with van der Waals surface area (Å²) in [7, 11) is 1.16. The lowest BCUT2D eigenvalue weighted by atomic mass is 9.85. The summed E-state index contributed by atoms with van der Waals surface area (Å²) in [5.74, 6) is 1.21. The smallest absolute Gasteiger partial charge is 0.405 e. The van der Waals surface area contributed by atoms with Crippen LogP contribution in [0.25, 0.3) is 5.57 Å². The number of thioether (sulfide) groups is 1. The van der Waals surface area contributed by atoms with Gasteiger partial charge in [0.2, 0.25) is 0 Å². The zero-order valence-electron chi connectivity index (χ0n) is 28.4. The maximum Gasteiger partial charge on any atom is 0.405 e. The number of benzene rings is 3. The van der Waals surface area contributed by atoms with Crippen LogP contribution in [0, 0.1) is 17.6 Å². The van der Waals surface area contributed by atoms with Gasteiger partial charge in [0, 0.05) is 33.9 Å². The number of nitrogens with zero attached hydrogens (tertiary/aromatic N) is 2. The van der Waals surface area contributed by atoms with Gasteiger partial charge in [-0.15, -0.1) is 23.1 Å². The summed E-state index contributed by atoms with van der Waals surface area (Å²) in [6.07, 6.45) is 6.11. The van der Waals surface area contributed by atoms with Gasteiger partial charge in [-0.2, -0.15) is 0 Å². The first-order chi connectivity index (χ1) is 23.8. The Bertz CT molecular complexity index is 1800.